The van der Waals surface area contributed by atoms with Crippen LogP contribution in [0.15, 0.2) is 66.8 Å². The Hall–Kier alpha value is -2.22. The minimum atomic E-state index is 0.777. The third-order valence-corrected chi connectivity index (χ3v) is 8.30. The van der Waals surface area contributed by atoms with Crippen molar-refractivity contribution in [2.75, 3.05) is 13.2 Å². The number of unbranched alkanes of at least 4 members (excludes halogenated alkanes) is 18. The van der Waals surface area contributed by atoms with Crippen molar-refractivity contribution in [3.05, 3.63) is 72.4 Å². The predicted octanol–water partition coefficient (Wildman–Crippen LogP) is 14.4. The molecule has 1 rings (SSSR count). The molecule has 0 unspecified atom stereocenters. The van der Waals surface area contributed by atoms with Crippen LogP contribution in [-0.2, 0) is 0 Å². The van der Waals surface area contributed by atoms with Gasteiger partial charge in [0, 0.05) is 0 Å². The number of ether oxygens (including phenoxy) is 2. The highest BCUT2D eigenvalue weighted by atomic mass is 16.5. The van der Waals surface area contributed by atoms with Crippen molar-refractivity contribution in [1.29, 1.82) is 0 Å². The van der Waals surface area contributed by atoms with Crippen LogP contribution in [0.4, 0.5) is 0 Å². The number of hydrogen-bond donors (Lipinski definition) is 0. The quantitative estimate of drug-likeness (QED) is 0.0589. The average molecular weight is 621 g/mol. The number of allylic oxidation sites excluding steroid dienone is 8. The smallest absolute Gasteiger partial charge is 0.161 e. The van der Waals surface area contributed by atoms with E-state index in [4.69, 9.17) is 9.47 Å². The molecule has 0 fully saturated rings. The van der Waals surface area contributed by atoms with Gasteiger partial charge in [-0.15, -0.1) is 0 Å². The molecule has 45 heavy (non-hydrogen) atoms. The fourth-order valence-corrected chi connectivity index (χ4v) is 5.39. The van der Waals surface area contributed by atoms with Crippen molar-refractivity contribution in [3.8, 4) is 11.5 Å². The standard InChI is InChI=1S/C43H72O2/c1-4-6-8-10-12-14-16-18-20-22-24-26-28-30-32-34-38-44-42-37-36-41(3)40-43(42)45-39-35-33-31-29-27-25-23-21-19-17-15-13-11-9-7-5-2/h12-15,18-21,36-37,40H,4-11,16-17,22-35,38-39H2,1-3H3/b14-12-,15-13-,20-18-,21-19-. The summed E-state index contributed by atoms with van der Waals surface area (Å²) in [6.45, 7) is 8.20. The molecule has 0 N–H and O–H groups in total. The maximum absolute atomic E-state index is 6.17. The Morgan fingerprint density at radius 1 is 0.422 bits per heavy atom. The van der Waals surface area contributed by atoms with E-state index in [2.05, 4.69) is 87.6 Å². The normalized spacial score (nSPS) is 12.1. The molecule has 256 valence electrons. The molecule has 2 heteroatoms. The Morgan fingerprint density at radius 3 is 1.24 bits per heavy atom. The molecule has 0 amide bonds. The second-order valence-electron chi connectivity index (χ2n) is 12.8. The van der Waals surface area contributed by atoms with Crippen LogP contribution in [0.3, 0.4) is 0 Å². The highest BCUT2D eigenvalue weighted by Gasteiger charge is 2.06. The van der Waals surface area contributed by atoms with E-state index < -0.39 is 0 Å². The molecule has 0 radical (unpaired) electrons. The SMILES string of the molecule is CCCCC/C=C\C/C=C\CCCCCCCCOc1ccc(C)cc1OCCCCCCCC/C=C\C/C=C\CCCCC. The van der Waals surface area contributed by atoms with E-state index in [-0.39, 0.29) is 0 Å². The van der Waals surface area contributed by atoms with Gasteiger partial charge in [0.25, 0.3) is 0 Å². The molecule has 0 aliphatic heterocycles. The van der Waals surface area contributed by atoms with Crippen molar-refractivity contribution in [3.63, 3.8) is 0 Å². The van der Waals surface area contributed by atoms with Gasteiger partial charge in [-0.25, -0.2) is 0 Å². The summed E-state index contributed by atoms with van der Waals surface area (Å²) >= 11 is 0. The van der Waals surface area contributed by atoms with Gasteiger partial charge in [0.05, 0.1) is 13.2 Å². The van der Waals surface area contributed by atoms with Gasteiger partial charge in [-0.1, -0.05) is 146 Å². The number of aryl methyl sites for hydroxylation is 1. The molecule has 0 atom stereocenters. The highest BCUT2D eigenvalue weighted by molar-refractivity contribution is 5.42. The van der Waals surface area contributed by atoms with Gasteiger partial charge in [0.2, 0.25) is 0 Å². The molecule has 0 heterocycles. The summed E-state index contributed by atoms with van der Waals surface area (Å²) in [5.74, 6) is 1.82. The average Bonchev–Trinajstić information content (AvgIpc) is 3.04. The van der Waals surface area contributed by atoms with E-state index in [1.54, 1.807) is 0 Å². The monoisotopic (exact) mass is 621 g/mol. The Kier molecular flexibility index (Phi) is 30.1. The molecule has 1 aromatic carbocycles. The minimum absolute atomic E-state index is 0.777. The van der Waals surface area contributed by atoms with Crippen LogP contribution in [0.1, 0.15) is 174 Å². The fraction of sp³-hybridized carbons (Fsp3) is 0.674. The van der Waals surface area contributed by atoms with Gasteiger partial charge in [0.15, 0.2) is 11.5 Å². The number of benzene rings is 1. The topological polar surface area (TPSA) is 18.5 Å². The van der Waals surface area contributed by atoms with Crippen molar-refractivity contribution in [2.45, 2.75) is 175 Å². The summed E-state index contributed by atoms with van der Waals surface area (Å²) in [7, 11) is 0. The fourth-order valence-electron chi connectivity index (χ4n) is 5.39. The zero-order valence-electron chi connectivity index (χ0n) is 30.1. The third kappa shape index (κ3) is 27.8. The Balaban J connectivity index is 2.01. The first-order valence-corrected chi connectivity index (χ1v) is 19.2. The van der Waals surface area contributed by atoms with E-state index in [9.17, 15) is 0 Å². The van der Waals surface area contributed by atoms with Crippen LogP contribution in [0, 0.1) is 6.92 Å². The summed E-state index contributed by atoms with van der Waals surface area (Å²) in [4.78, 5) is 0. The number of rotatable bonds is 32. The third-order valence-electron chi connectivity index (χ3n) is 8.30. The first kappa shape index (κ1) is 40.8. The van der Waals surface area contributed by atoms with Crippen molar-refractivity contribution < 1.29 is 9.47 Å². The molecule has 2 nitrogen and oxygen atoms in total. The molecule has 0 bridgehead atoms. The molecule has 0 saturated carbocycles. The molecule has 0 aliphatic rings. The minimum Gasteiger partial charge on any atom is -0.490 e. The largest absolute Gasteiger partial charge is 0.490 e. The maximum atomic E-state index is 6.17. The van der Waals surface area contributed by atoms with Crippen LogP contribution in [0.2, 0.25) is 0 Å². The lowest BCUT2D eigenvalue weighted by atomic mass is 10.1. The molecule has 0 saturated heterocycles. The van der Waals surface area contributed by atoms with Crippen molar-refractivity contribution in [1.82, 2.24) is 0 Å². The van der Waals surface area contributed by atoms with Gasteiger partial charge in [-0.2, -0.15) is 0 Å². The van der Waals surface area contributed by atoms with Crippen LogP contribution in [-0.4, -0.2) is 13.2 Å². The van der Waals surface area contributed by atoms with Crippen LogP contribution < -0.4 is 9.47 Å². The van der Waals surface area contributed by atoms with E-state index >= 15 is 0 Å². The van der Waals surface area contributed by atoms with Gasteiger partial charge < -0.3 is 9.47 Å². The highest BCUT2D eigenvalue weighted by Crippen LogP contribution is 2.29. The maximum Gasteiger partial charge on any atom is 0.161 e. The molecular weight excluding hydrogens is 548 g/mol. The lowest BCUT2D eigenvalue weighted by molar-refractivity contribution is 0.258. The zero-order valence-corrected chi connectivity index (χ0v) is 30.1. The molecule has 1 aromatic rings. The summed E-state index contributed by atoms with van der Waals surface area (Å²) in [5.41, 5.74) is 1.23. The number of hydrogen-bond acceptors (Lipinski definition) is 2. The van der Waals surface area contributed by atoms with Gasteiger partial charge in [-0.05, 0) is 102 Å². The van der Waals surface area contributed by atoms with Crippen molar-refractivity contribution >= 4 is 0 Å². The first-order chi connectivity index (χ1) is 22.3. The van der Waals surface area contributed by atoms with E-state index in [0.29, 0.717) is 0 Å². The summed E-state index contributed by atoms with van der Waals surface area (Å²) in [6.07, 6.45) is 49.1. The predicted molar refractivity (Wildman–Crippen MR) is 201 cm³/mol. The molecule has 0 spiro atoms. The van der Waals surface area contributed by atoms with Crippen LogP contribution >= 0.6 is 0 Å². The zero-order chi connectivity index (χ0) is 32.3. The second-order valence-corrected chi connectivity index (χ2v) is 12.8. The lowest BCUT2D eigenvalue weighted by Gasteiger charge is -2.13. The molecular formula is C43H72O2. The Labute approximate surface area is 280 Å². The summed E-state index contributed by atoms with van der Waals surface area (Å²) < 4.78 is 12.3. The van der Waals surface area contributed by atoms with Gasteiger partial charge >= 0.3 is 0 Å². The Bertz CT molecular complexity index is 878. The van der Waals surface area contributed by atoms with E-state index in [1.165, 1.54) is 134 Å². The molecule has 0 aromatic heterocycles. The second kappa shape index (κ2) is 33.2. The van der Waals surface area contributed by atoms with Crippen molar-refractivity contribution in [2.24, 2.45) is 0 Å². The van der Waals surface area contributed by atoms with E-state index in [0.717, 1.165) is 50.4 Å². The van der Waals surface area contributed by atoms with Gasteiger partial charge in [0.1, 0.15) is 0 Å². The van der Waals surface area contributed by atoms with Crippen LogP contribution in [0.5, 0.6) is 11.5 Å². The van der Waals surface area contributed by atoms with E-state index in [1.807, 2.05) is 0 Å². The molecule has 0 aliphatic carbocycles. The summed E-state index contributed by atoms with van der Waals surface area (Å²) in [6, 6.07) is 6.34. The summed E-state index contributed by atoms with van der Waals surface area (Å²) in [5, 5.41) is 0. The Morgan fingerprint density at radius 2 is 0.800 bits per heavy atom. The van der Waals surface area contributed by atoms with Crippen LogP contribution in [0.25, 0.3) is 0 Å². The lowest BCUT2D eigenvalue weighted by Crippen LogP contribution is -2.03. The van der Waals surface area contributed by atoms with Gasteiger partial charge in [-0.3, -0.25) is 0 Å². The first-order valence-electron chi connectivity index (χ1n) is 19.2.